The minimum atomic E-state index is -0.384. The molecule has 1 N–H and O–H groups in total. The standard InChI is InChI=1S/C25H28N2O4/c1-6-13-27-24(28)22(18-10-9-16(4)17(5)14-18)23(25(27)29)26-19-11-12-20(30-7-2)21(15-19)31-8-3/h6,9-12,14-15,26H,1,7-8,13H2,2-5H3. The molecule has 0 saturated heterocycles. The molecule has 0 aromatic heterocycles. The van der Waals surface area contributed by atoms with Gasteiger partial charge in [-0.05, 0) is 56.5 Å². The van der Waals surface area contributed by atoms with Crippen LogP contribution in [0.25, 0.3) is 5.57 Å². The second kappa shape index (κ2) is 9.51. The molecular weight excluding hydrogens is 392 g/mol. The Balaban J connectivity index is 2.07. The molecule has 31 heavy (non-hydrogen) atoms. The van der Waals surface area contributed by atoms with Gasteiger partial charge in [0.05, 0.1) is 18.8 Å². The number of hydrogen-bond acceptors (Lipinski definition) is 5. The van der Waals surface area contributed by atoms with Gasteiger partial charge in [-0.1, -0.05) is 24.3 Å². The summed E-state index contributed by atoms with van der Waals surface area (Å²) in [4.78, 5) is 27.4. The first-order chi connectivity index (χ1) is 14.9. The third kappa shape index (κ3) is 4.48. The molecule has 0 fully saturated rings. The summed E-state index contributed by atoms with van der Waals surface area (Å²) in [7, 11) is 0. The van der Waals surface area contributed by atoms with E-state index in [9.17, 15) is 9.59 Å². The van der Waals surface area contributed by atoms with Crippen LogP contribution in [0.2, 0.25) is 0 Å². The Morgan fingerprint density at radius 1 is 0.935 bits per heavy atom. The second-order valence-corrected chi connectivity index (χ2v) is 7.21. The predicted octanol–water partition coefficient (Wildman–Crippen LogP) is 4.48. The van der Waals surface area contributed by atoms with Gasteiger partial charge in [0.25, 0.3) is 11.8 Å². The average Bonchev–Trinajstić information content (AvgIpc) is 2.97. The summed E-state index contributed by atoms with van der Waals surface area (Å²) in [6.07, 6.45) is 1.54. The van der Waals surface area contributed by atoms with Crippen molar-refractivity contribution in [2.24, 2.45) is 0 Å². The van der Waals surface area contributed by atoms with Crippen molar-refractivity contribution in [1.82, 2.24) is 4.90 Å². The number of rotatable bonds is 9. The highest BCUT2D eigenvalue weighted by Gasteiger charge is 2.38. The molecule has 3 rings (SSSR count). The van der Waals surface area contributed by atoms with Gasteiger partial charge in [0.2, 0.25) is 0 Å². The highest BCUT2D eigenvalue weighted by Crippen LogP contribution is 2.35. The van der Waals surface area contributed by atoms with Gasteiger partial charge in [-0.3, -0.25) is 14.5 Å². The van der Waals surface area contributed by atoms with Crippen molar-refractivity contribution in [1.29, 1.82) is 0 Å². The number of hydrogen-bond donors (Lipinski definition) is 1. The lowest BCUT2D eigenvalue weighted by molar-refractivity contribution is -0.136. The summed E-state index contributed by atoms with van der Waals surface area (Å²) in [5.41, 5.74) is 4.08. The number of imide groups is 1. The van der Waals surface area contributed by atoms with Crippen molar-refractivity contribution in [2.75, 3.05) is 25.1 Å². The first kappa shape index (κ1) is 22.2. The molecule has 0 bridgehead atoms. The Hall–Kier alpha value is -3.54. The van der Waals surface area contributed by atoms with Crippen molar-refractivity contribution in [2.45, 2.75) is 27.7 Å². The van der Waals surface area contributed by atoms with Gasteiger partial charge in [-0.15, -0.1) is 6.58 Å². The molecule has 2 amide bonds. The zero-order valence-corrected chi connectivity index (χ0v) is 18.5. The third-order valence-electron chi connectivity index (χ3n) is 5.09. The number of nitrogens with zero attached hydrogens (tertiary/aromatic N) is 1. The van der Waals surface area contributed by atoms with E-state index < -0.39 is 0 Å². The number of aryl methyl sites for hydroxylation is 2. The fourth-order valence-electron chi connectivity index (χ4n) is 3.42. The average molecular weight is 421 g/mol. The zero-order chi connectivity index (χ0) is 22.5. The molecule has 1 heterocycles. The summed E-state index contributed by atoms with van der Waals surface area (Å²) in [6, 6.07) is 11.1. The SMILES string of the molecule is C=CCN1C(=O)C(Nc2ccc(OCC)c(OCC)c2)=C(c2ccc(C)c(C)c2)C1=O. The Bertz CT molecular complexity index is 1060. The Kier molecular flexibility index (Phi) is 6.80. The molecule has 2 aromatic rings. The van der Waals surface area contributed by atoms with Crippen LogP contribution in [0.5, 0.6) is 11.5 Å². The number of carbonyl (C=O) groups is 2. The largest absolute Gasteiger partial charge is 0.490 e. The highest BCUT2D eigenvalue weighted by molar-refractivity contribution is 6.36. The number of anilines is 1. The summed E-state index contributed by atoms with van der Waals surface area (Å²) in [5, 5.41) is 3.16. The summed E-state index contributed by atoms with van der Waals surface area (Å²) >= 11 is 0. The molecule has 0 saturated carbocycles. The molecule has 0 unspecified atom stereocenters. The van der Waals surface area contributed by atoms with Crippen molar-refractivity contribution in [3.05, 3.63) is 71.4 Å². The van der Waals surface area contributed by atoms with E-state index in [4.69, 9.17) is 9.47 Å². The van der Waals surface area contributed by atoms with Gasteiger partial charge in [-0.2, -0.15) is 0 Å². The number of amides is 2. The van der Waals surface area contributed by atoms with Crippen LogP contribution >= 0.6 is 0 Å². The Labute approximate surface area is 183 Å². The molecule has 2 aromatic carbocycles. The minimum absolute atomic E-state index is 0.144. The summed E-state index contributed by atoms with van der Waals surface area (Å²) in [5.74, 6) is 0.472. The van der Waals surface area contributed by atoms with E-state index in [0.717, 1.165) is 11.1 Å². The van der Waals surface area contributed by atoms with Crippen LogP contribution in [0, 0.1) is 13.8 Å². The molecule has 0 spiro atoms. The van der Waals surface area contributed by atoms with Crippen LogP contribution < -0.4 is 14.8 Å². The fourth-order valence-corrected chi connectivity index (χ4v) is 3.42. The highest BCUT2D eigenvalue weighted by atomic mass is 16.5. The maximum Gasteiger partial charge on any atom is 0.278 e. The van der Waals surface area contributed by atoms with E-state index in [1.807, 2.05) is 45.9 Å². The lowest BCUT2D eigenvalue weighted by Crippen LogP contribution is -2.32. The van der Waals surface area contributed by atoms with E-state index >= 15 is 0 Å². The quantitative estimate of drug-likeness (QED) is 0.479. The van der Waals surface area contributed by atoms with E-state index in [2.05, 4.69) is 11.9 Å². The van der Waals surface area contributed by atoms with Gasteiger partial charge in [0.1, 0.15) is 5.70 Å². The van der Waals surface area contributed by atoms with Gasteiger partial charge >= 0.3 is 0 Å². The third-order valence-corrected chi connectivity index (χ3v) is 5.09. The summed E-state index contributed by atoms with van der Waals surface area (Å²) < 4.78 is 11.3. The molecule has 1 aliphatic rings. The fraction of sp³-hybridized carbons (Fsp3) is 0.280. The minimum Gasteiger partial charge on any atom is -0.490 e. The monoisotopic (exact) mass is 420 g/mol. The van der Waals surface area contributed by atoms with Crippen LogP contribution in [0.4, 0.5) is 5.69 Å². The van der Waals surface area contributed by atoms with Gasteiger partial charge in [0, 0.05) is 18.3 Å². The predicted molar refractivity (Wildman–Crippen MR) is 122 cm³/mol. The van der Waals surface area contributed by atoms with Crippen LogP contribution in [0.3, 0.4) is 0 Å². The van der Waals surface area contributed by atoms with Gasteiger partial charge in [0.15, 0.2) is 11.5 Å². The number of nitrogens with one attached hydrogen (secondary N) is 1. The smallest absolute Gasteiger partial charge is 0.278 e. The van der Waals surface area contributed by atoms with Crippen molar-refractivity contribution >= 4 is 23.1 Å². The van der Waals surface area contributed by atoms with Crippen molar-refractivity contribution in [3.63, 3.8) is 0 Å². The molecule has 1 aliphatic heterocycles. The lowest BCUT2D eigenvalue weighted by atomic mass is 9.99. The van der Waals surface area contributed by atoms with E-state index in [1.165, 1.54) is 4.90 Å². The van der Waals surface area contributed by atoms with Crippen molar-refractivity contribution < 1.29 is 19.1 Å². The zero-order valence-electron chi connectivity index (χ0n) is 18.5. The van der Waals surface area contributed by atoms with Crippen LogP contribution in [0.1, 0.15) is 30.5 Å². The lowest BCUT2D eigenvalue weighted by Gasteiger charge is -2.15. The first-order valence-electron chi connectivity index (χ1n) is 10.4. The maximum absolute atomic E-state index is 13.1. The van der Waals surface area contributed by atoms with E-state index in [1.54, 1.807) is 24.3 Å². The number of benzene rings is 2. The maximum atomic E-state index is 13.1. The van der Waals surface area contributed by atoms with Crippen molar-refractivity contribution in [3.8, 4) is 11.5 Å². The molecule has 162 valence electrons. The molecule has 0 aliphatic carbocycles. The van der Waals surface area contributed by atoms with Crippen LogP contribution in [-0.2, 0) is 9.59 Å². The van der Waals surface area contributed by atoms with E-state index in [-0.39, 0.29) is 24.1 Å². The Morgan fingerprint density at radius 2 is 1.65 bits per heavy atom. The first-order valence-corrected chi connectivity index (χ1v) is 10.4. The number of ether oxygens (including phenoxy) is 2. The normalized spacial score (nSPS) is 13.6. The van der Waals surface area contributed by atoms with Gasteiger partial charge in [-0.25, -0.2) is 0 Å². The topological polar surface area (TPSA) is 67.9 Å². The van der Waals surface area contributed by atoms with E-state index in [0.29, 0.717) is 41.5 Å². The van der Waals surface area contributed by atoms with Crippen LogP contribution in [0.15, 0.2) is 54.8 Å². The molecule has 6 heteroatoms. The number of carbonyl (C=O) groups excluding carboxylic acids is 2. The summed E-state index contributed by atoms with van der Waals surface area (Å²) in [6.45, 7) is 12.6. The molecular formula is C25H28N2O4. The van der Waals surface area contributed by atoms with Crippen LogP contribution in [-0.4, -0.2) is 36.5 Å². The second-order valence-electron chi connectivity index (χ2n) is 7.21. The molecule has 0 radical (unpaired) electrons. The molecule has 0 atom stereocenters. The Morgan fingerprint density at radius 3 is 2.29 bits per heavy atom. The molecule has 6 nitrogen and oxygen atoms in total. The van der Waals surface area contributed by atoms with Gasteiger partial charge < -0.3 is 14.8 Å².